The zero-order valence-corrected chi connectivity index (χ0v) is 20.8. The van der Waals surface area contributed by atoms with Crippen LogP contribution in [-0.2, 0) is 16.0 Å². The molecule has 33 heavy (non-hydrogen) atoms. The number of benzene rings is 1. The molecule has 2 fully saturated rings. The molecule has 5 atom stereocenters. The van der Waals surface area contributed by atoms with Crippen LogP contribution >= 0.6 is 0 Å². The molecule has 6 heteroatoms. The van der Waals surface area contributed by atoms with Gasteiger partial charge >= 0.3 is 0 Å². The lowest BCUT2D eigenvalue weighted by atomic mass is 9.72. The van der Waals surface area contributed by atoms with Crippen molar-refractivity contribution in [1.29, 1.82) is 0 Å². The summed E-state index contributed by atoms with van der Waals surface area (Å²) in [6, 6.07) is 9.57. The number of ketones is 1. The van der Waals surface area contributed by atoms with E-state index in [1.165, 1.54) is 25.7 Å². The number of nitrogens with zero attached hydrogens (tertiary/aromatic N) is 1. The summed E-state index contributed by atoms with van der Waals surface area (Å²) < 4.78 is 0. The Balaban J connectivity index is 1.75. The molecule has 0 radical (unpaired) electrons. The van der Waals surface area contributed by atoms with Crippen LogP contribution in [0.3, 0.4) is 0 Å². The molecule has 1 saturated carbocycles. The van der Waals surface area contributed by atoms with Crippen molar-refractivity contribution >= 4 is 11.7 Å². The van der Waals surface area contributed by atoms with Crippen molar-refractivity contribution in [2.75, 3.05) is 19.6 Å². The number of piperidine rings is 1. The lowest BCUT2D eigenvalue weighted by Gasteiger charge is -2.47. The van der Waals surface area contributed by atoms with Gasteiger partial charge in [-0.25, -0.2) is 0 Å². The molecule has 2 aliphatic rings. The molecule has 1 aliphatic carbocycles. The molecule has 184 valence electrons. The molecule has 3 N–H and O–H groups in total. The number of rotatable bonds is 9. The highest BCUT2D eigenvalue weighted by Gasteiger charge is 2.41. The van der Waals surface area contributed by atoms with Crippen LogP contribution in [0, 0.1) is 11.8 Å². The minimum Gasteiger partial charge on any atom is -0.390 e. The number of hydrogen-bond donors (Lipinski definition) is 3. The van der Waals surface area contributed by atoms with Crippen LogP contribution in [0.25, 0.3) is 0 Å². The van der Waals surface area contributed by atoms with E-state index in [1.54, 1.807) is 6.92 Å². The maximum atomic E-state index is 13.3. The van der Waals surface area contributed by atoms with Crippen LogP contribution in [0.1, 0.15) is 65.4 Å². The molecule has 0 bridgehead atoms. The molecule has 1 aromatic rings. The zero-order valence-electron chi connectivity index (χ0n) is 20.8. The second kappa shape index (κ2) is 11.6. The van der Waals surface area contributed by atoms with Crippen molar-refractivity contribution < 1.29 is 14.7 Å². The Bertz CT molecular complexity index is 777. The highest BCUT2D eigenvalue weighted by Crippen LogP contribution is 2.38. The van der Waals surface area contributed by atoms with Crippen LogP contribution in [-0.4, -0.2) is 65.1 Å². The molecule has 1 heterocycles. The standard InChI is InChI=1S/C27H43N3O3/c1-19(31)16-28-23(14-20-10-6-5-7-11-20)25(32)18-30-17-22-13-9-8-12-21(22)15-24(30)26(33)29-27(2,3)4/h5-7,10-11,21-25,28,32H,8-9,12-18H2,1-4H3,(H,29,33)/t21-,22+,23-,24-,25+/m0/s1. The quantitative estimate of drug-likeness (QED) is 0.531. The number of likely N-dealkylation sites (tertiary alicyclic amines) is 1. The third-order valence-corrected chi connectivity index (χ3v) is 7.10. The number of carbonyl (C=O) groups is 2. The van der Waals surface area contributed by atoms with Gasteiger partial charge in [0.1, 0.15) is 5.78 Å². The van der Waals surface area contributed by atoms with Crippen LogP contribution in [0.2, 0.25) is 0 Å². The highest BCUT2D eigenvalue weighted by molar-refractivity contribution is 5.82. The van der Waals surface area contributed by atoms with E-state index in [-0.39, 0.29) is 35.9 Å². The van der Waals surface area contributed by atoms with Gasteiger partial charge in [0.2, 0.25) is 5.91 Å². The smallest absolute Gasteiger partial charge is 0.237 e. The summed E-state index contributed by atoms with van der Waals surface area (Å²) in [7, 11) is 0. The summed E-state index contributed by atoms with van der Waals surface area (Å²) >= 11 is 0. The fraction of sp³-hybridized carbons (Fsp3) is 0.704. The van der Waals surface area contributed by atoms with Crippen molar-refractivity contribution in [1.82, 2.24) is 15.5 Å². The van der Waals surface area contributed by atoms with Gasteiger partial charge in [-0.15, -0.1) is 0 Å². The van der Waals surface area contributed by atoms with Crippen molar-refractivity contribution in [3.8, 4) is 0 Å². The van der Waals surface area contributed by atoms with Crippen molar-refractivity contribution in [2.45, 2.75) is 89.9 Å². The van der Waals surface area contributed by atoms with E-state index in [9.17, 15) is 14.7 Å². The molecule has 1 saturated heterocycles. The summed E-state index contributed by atoms with van der Waals surface area (Å²) in [5.74, 6) is 1.31. The first-order valence-electron chi connectivity index (χ1n) is 12.6. The van der Waals surface area contributed by atoms with E-state index in [4.69, 9.17) is 0 Å². The lowest BCUT2D eigenvalue weighted by Crippen LogP contribution is -2.60. The number of fused-ring (bicyclic) bond motifs is 1. The van der Waals surface area contributed by atoms with Gasteiger partial charge in [0.25, 0.3) is 0 Å². The van der Waals surface area contributed by atoms with Crippen molar-refractivity contribution in [2.24, 2.45) is 11.8 Å². The fourth-order valence-corrected chi connectivity index (χ4v) is 5.48. The number of hydrogen-bond acceptors (Lipinski definition) is 5. The van der Waals surface area contributed by atoms with Crippen molar-refractivity contribution in [3.05, 3.63) is 35.9 Å². The molecular weight excluding hydrogens is 414 g/mol. The van der Waals surface area contributed by atoms with Crippen LogP contribution < -0.4 is 10.6 Å². The molecule has 0 spiro atoms. The lowest BCUT2D eigenvalue weighted by molar-refractivity contribution is -0.132. The molecule has 0 unspecified atom stereocenters. The van der Waals surface area contributed by atoms with Gasteiger partial charge in [0.15, 0.2) is 0 Å². The maximum Gasteiger partial charge on any atom is 0.237 e. The van der Waals surface area contributed by atoms with E-state index < -0.39 is 6.10 Å². The molecule has 6 nitrogen and oxygen atoms in total. The third kappa shape index (κ3) is 7.90. The van der Waals surface area contributed by atoms with E-state index in [2.05, 4.69) is 15.5 Å². The third-order valence-electron chi connectivity index (χ3n) is 7.10. The number of aliphatic hydroxyl groups is 1. The van der Waals surface area contributed by atoms with Gasteiger partial charge in [-0.05, 0) is 64.4 Å². The Morgan fingerprint density at radius 3 is 2.42 bits per heavy atom. The first kappa shape index (κ1) is 25.9. The topological polar surface area (TPSA) is 81.7 Å². The van der Waals surface area contributed by atoms with Crippen LogP contribution in [0.5, 0.6) is 0 Å². The van der Waals surface area contributed by atoms with Gasteiger partial charge in [0.05, 0.1) is 18.7 Å². The van der Waals surface area contributed by atoms with Crippen LogP contribution in [0.4, 0.5) is 0 Å². The number of β-amino-alcohol motifs (C(OH)–C–C–N with tert-alkyl or cyclic N) is 1. The molecular formula is C27H43N3O3. The Kier molecular flexibility index (Phi) is 9.08. The Morgan fingerprint density at radius 2 is 1.79 bits per heavy atom. The molecule has 1 aliphatic heterocycles. The Morgan fingerprint density at radius 1 is 1.12 bits per heavy atom. The molecule has 1 aromatic carbocycles. The number of aliphatic hydroxyl groups excluding tert-OH is 1. The number of amides is 1. The van der Waals surface area contributed by atoms with Gasteiger partial charge in [-0.3, -0.25) is 14.5 Å². The first-order chi connectivity index (χ1) is 15.6. The maximum absolute atomic E-state index is 13.3. The van der Waals surface area contributed by atoms with E-state index in [1.807, 2.05) is 51.1 Å². The zero-order chi connectivity index (χ0) is 24.0. The number of Topliss-reactive ketones (excluding diaryl/α,β-unsaturated/α-hetero) is 1. The Labute approximate surface area is 199 Å². The van der Waals surface area contributed by atoms with Crippen molar-refractivity contribution in [3.63, 3.8) is 0 Å². The summed E-state index contributed by atoms with van der Waals surface area (Å²) in [6.45, 7) is 9.10. The van der Waals surface area contributed by atoms with E-state index in [0.29, 0.717) is 24.8 Å². The monoisotopic (exact) mass is 457 g/mol. The van der Waals surface area contributed by atoms with Gasteiger partial charge in [-0.1, -0.05) is 49.6 Å². The highest BCUT2D eigenvalue weighted by atomic mass is 16.3. The average Bonchev–Trinajstić information content (AvgIpc) is 2.75. The molecule has 1 amide bonds. The van der Waals surface area contributed by atoms with Crippen LogP contribution in [0.15, 0.2) is 30.3 Å². The van der Waals surface area contributed by atoms with Gasteiger partial charge in [-0.2, -0.15) is 0 Å². The molecule has 3 rings (SSSR count). The fourth-order valence-electron chi connectivity index (χ4n) is 5.48. The SMILES string of the molecule is CC(=O)CN[C@@H](Cc1ccccc1)[C@H](O)CN1C[C@H]2CCCC[C@H]2C[C@H]1C(=O)NC(C)(C)C. The summed E-state index contributed by atoms with van der Waals surface area (Å²) in [5, 5.41) is 17.8. The minimum atomic E-state index is -0.686. The van der Waals surface area contributed by atoms with Gasteiger partial charge < -0.3 is 15.7 Å². The average molecular weight is 458 g/mol. The normalized spacial score (nSPS) is 25.7. The predicted octanol–water partition coefficient (Wildman–Crippen LogP) is 2.93. The van der Waals surface area contributed by atoms with Gasteiger partial charge in [0, 0.05) is 24.7 Å². The predicted molar refractivity (Wildman–Crippen MR) is 132 cm³/mol. The number of nitrogens with one attached hydrogen (secondary N) is 2. The second-order valence-corrected chi connectivity index (χ2v) is 11.2. The van der Waals surface area contributed by atoms with E-state index >= 15 is 0 Å². The summed E-state index contributed by atoms with van der Waals surface area (Å²) in [4.78, 5) is 27.1. The first-order valence-corrected chi connectivity index (χ1v) is 12.6. The number of carbonyl (C=O) groups excluding carboxylic acids is 2. The summed E-state index contributed by atoms with van der Waals surface area (Å²) in [6.07, 6.45) is 5.74. The molecule has 0 aromatic heterocycles. The largest absolute Gasteiger partial charge is 0.390 e. The summed E-state index contributed by atoms with van der Waals surface area (Å²) in [5.41, 5.74) is 0.828. The Hall–Kier alpha value is -1.76. The second-order valence-electron chi connectivity index (χ2n) is 11.2. The van der Waals surface area contributed by atoms with E-state index in [0.717, 1.165) is 18.5 Å². The minimum absolute atomic E-state index is 0.0470.